The molecule has 1 atom stereocenters. The van der Waals surface area contributed by atoms with Crippen molar-refractivity contribution in [3.63, 3.8) is 0 Å². The number of hydrogen-bond donors (Lipinski definition) is 2. The van der Waals surface area contributed by atoms with Crippen molar-refractivity contribution in [3.05, 3.63) is 60.2 Å². The van der Waals surface area contributed by atoms with Crippen LogP contribution in [0, 0.1) is 0 Å². The first kappa shape index (κ1) is 19.4. The first-order valence-electron chi connectivity index (χ1n) is 9.17. The van der Waals surface area contributed by atoms with E-state index in [1.54, 1.807) is 30.3 Å². The van der Waals surface area contributed by atoms with Crippen LogP contribution in [0.25, 0.3) is 0 Å². The van der Waals surface area contributed by atoms with Crippen molar-refractivity contribution in [3.8, 4) is 0 Å². The number of amides is 1. The average Bonchev–Trinajstić information content (AvgIpc) is 2.70. The van der Waals surface area contributed by atoms with Gasteiger partial charge in [-0.25, -0.2) is 8.42 Å². The molecule has 1 heterocycles. The molecule has 6 nitrogen and oxygen atoms in total. The zero-order chi connectivity index (χ0) is 19.3. The fraction of sp³-hybridized carbons (Fsp3) is 0.350. The van der Waals surface area contributed by atoms with E-state index >= 15 is 0 Å². The predicted molar refractivity (Wildman–Crippen MR) is 106 cm³/mol. The van der Waals surface area contributed by atoms with E-state index in [1.807, 2.05) is 24.3 Å². The molecule has 0 aliphatic carbocycles. The Morgan fingerprint density at radius 1 is 1.07 bits per heavy atom. The molecule has 1 unspecified atom stereocenters. The van der Waals surface area contributed by atoms with Crippen LogP contribution in [0.1, 0.15) is 24.8 Å². The van der Waals surface area contributed by atoms with Crippen LogP contribution in [0.5, 0.6) is 0 Å². The summed E-state index contributed by atoms with van der Waals surface area (Å²) in [4.78, 5) is 12.9. The summed E-state index contributed by atoms with van der Waals surface area (Å²) in [5, 5.41) is 2.89. The zero-order valence-electron chi connectivity index (χ0n) is 15.2. The monoisotopic (exact) mass is 387 g/mol. The number of nitrogens with zero attached hydrogens (tertiary/aromatic N) is 1. The second-order valence-corrected chi connectivity index (χ2v) is 8.61. The Morgan fingerprint density at radius 3 is 2.48 bits per heavy atom. The summed E-state index contributed by atoms with van der Waals surface area (Å²) in [6.07, 6.45) is 2.82. The van der Waals surface area contributed by atoms with Crippen molar-refractivity contribution >= 4 is 21.6 Å². The van der Waals surface area contributed by atoms with Gasteiger partial charge >= 0.3 is 0 Å². The van der Waals surface area contributed by atoms with Gasteiger partial charge in [0.25, 0.3) is 0 Å². The minimum atomic E-state index is -3.68. The third-order valence-electron chi connectivity index (χ3n) is 4.80. The normalized spacial score (nSPS) is 18.1. The topological polar surface area (TPSA) is 92.5 Å². The largest absolute Gasteiger partial charge is 0.399 e. The highest BCUT2D eigenvalue weighted by molar-refractivity contribution is 7.89. The van der Waals surface area contributed by atoms with Crippen LogP contribution in [0.15, 0.2) is 59.5 Å². The molecule has 1 saturated heterocycles. The number of carbonyl (C=O) groups excluding carboxylic acids is 1. The molecule has 3 N–H and O–H groups in total. The van der Waals surface area contributed by atoms with Gasteiger partial charge in [-0.3, -0.25) is 4.79 Å². The Hall–Kier alpha value is -2.38. The molecular formula is C20H25N3O3S. The van der Waals surface area contributed by atoms with Crippen LogP contribution in [0.2, 0.25) is 0 Å². The van der Waals surface area contributed by atoms with Crippen LogP contribution >= 0.6 is 0 Å². The molecule has 0 bridgehead atoms. The summed E-state index contributed by atoms with van der Waals surface area (Å²) in [6.45, 7) is 0.825. The number of nitrogens with one attached hydrogen (secondary N) is 1. The highest BCUT2D eigenvalue weighted by Crippen LogP contribution is 2.25. The van der Waals surface area contributed by atoms with Crippen molar-refractivity contribution in [1.29, 1.82) is 0 Å². The predicted octanol–water partition coefficient (Wildman–Crippen LogP) is 2.17. The molecular weight excluding hydrogens is 362 g/mol. The highest BCUT2D eigenvalue weighted by atomic mass is 32.2. The van der Waals surface area contributed by atoms with Gasteiger partial charge in [-0.1, -0.05) is 36.8 Å². The average molecular weight is 388 g/mol. The number of sulfonamides is 1. The van der Waals surface area contributed by atoms with Crippen LogP contribution in [0.4, 0.5) is 5.69 Å². The molecule has 1 fully saturated rings. The lowest BCUT2D eigenvalue weighted by atomic mass is 10.0. The van der Waals surface area contributed by atoms with Gasteiger partial charge in [-0.2, -0.15) is 4.31 Å². The molecule has 2 aromatic carbocycles. The molecule has 7 heteroatoms. The van der Waals surface area contributed by atoms with Crippen molar-refractivity contribution in [2.75, 3.05) is 18.8 Å². The Kier molecular flexibility index (Phi) is 6.13. The number of carbonyl (C=O) groups is 1. The number of hydrogen-bond acceptors (Lipinski definition) is 4. The van der Waals surface area contributed by atoms with E-state index in [2.05, 4.69) is 5.32 Å². The highest BCUT2D eigenvalue weighted by Gasteiger charge is 2.37. The minimum absolute atomic E-state index is 0.228. The van der Waals surface area contributed by atoms with Gasteiger partial charge in [-0.05, 0) is 49.1 Å². The van der Waals surface area contributed by atoms with Crippen LogP contribution in [0.3, 0.4) is 0 Å². The standard InChI is InChI=1S/C20H25N3O3S/c21-17-11-9-16(10-12-17)13-14-22-20(24)19-8-4-5-15-23(19)27(25,26)18-6-2-1-3-7-18/h1-3,6-7,9-12,19H,4-5,8,13-15,21H2,(H,22,24). The van der Waals surface area contributed by atoms with Crippen molar-refractivity contribution in [2.24, 2.45) is 0 Å². The first-order chi connectivity index (χ1) is 13.0. The molecule has 3 rings (SSSR count). The molecule has 0 radical (unpaired) electrons. The summed E-state index contributed by atoms with van der Waals surface area (Å²) >= 11 is 0. The van der Waals surface area contributed by atoms with Crippen LogP contribution in [-0.2, 0) is 21.2 Å². The van der Waals surface area contributed by atoms with Crippen molar-refractivity contribution in [2.45, 2.75) is 36.6 Å². The summed E-state index contributed by atoms with van der Waals surface area (Å²) in [5.74, 6) is -0.232. The van der Waals surface area contributed by atoms with Crippen LogP contribution in [-0.4, -0.2) is 37.8 Å². The summed E-state index contributed by atoms with van der Waals surface area (Å²) < 4.78 is 27.3. The fourth-order valence-electron chi connectivity index (χ4n) is 3.31. The lowest BCUT2D eigenvalue weighted by molar-refractivity contribution is -0.125. The second kappa shape index (κ2) is 8.54. The molecule has 0 spiro atoms. The molecule has 144 valence electrons. The van der Waals surface area contributed by atoms with Gasteiger partial charge < -0.3 is 11.1 Å². The third-order valence-corrected chi connectivity index (χ3v) is 6.72. The van der Waals surface area contributed by atoms with Crippen molar-refractivity contribution in [1.82, 2.24) is 9.62 Å². The number of benzene rings is 2. The second-order valence-electron chi connectivity index (χ2n) is 6.72. The molecule has 27 heavy (non-hydrogen) atoms. The van der Waals surface area contributed by atoms with Gasteiger partial charge in [0.05, 0.1) is 4.90 Å². The minimum Gasteiger partial charge on any atom is -0.399 e. The molecule has 0 aromatic heterocycles. The maximum absolute atomic E-state index is 13.0. The number of anilines is 1. The molecule has 1 amide bonds. The van der Waals surface area contributed by atoms with E-state index in [9.17, 15) is 13.2 Å². The van der Waals surface area contributed by atoms with Crippen molar-refractivity contribution < 1.29 is 13.2 Å². The van der Waals surface area contributed by atoms with Gasteiger partial charge in [0.1, 0.15) is 6.04 Å². The molecule has 2 aromatic rings. The van der Waals surface area contributed by atoms with Crippen LogP contribution < -0.4 is 11.1 Å². The smallest absolute Gasteiger partial charge is 0.243 e. The Morgan fingerprint density at radius 2 is 1.78 bits per heavy atom. The SMILES string of the molecule is Nc1ccc(CCNC(=O)C2CCCCN2S(=O)(=O)c2ccccc2)cc1. The first-order valence-corrected chi connectivity index (χ1v) is 10.6. The van der Waals surface area contributed by atoms with E-state index < -0.39 is 16.1 Å². The lowest BCUT2D eigenvalue weighted by Gasteiger charge is -2.33. The number of piperidine rings is 1. The molecule has 1 aliphatic heterocycles. The van der Waals surface area contributed by atoms with Gasteiger partial charge in [0, 0.05) is 18.8 Å². The van der Waals surface area contributed by atoms with Gasteiger partial charge in [0.15, 0.2) is 0 Å². The van der Waals surface area contributed by atoms with E-state index in [4.69, 9.17) is 5.73 Å². The Bertz CT molecular complexity index is 867. The summed E-state index contributed by atoms with van der Waals surface area (Å²) in [5.41, 5.74) is 7.44. The quantitative estimate of drug-likeness (QED) is 0.743. The fourth-order valence-corrected chi connectivity index (χ4v) is 4.99. The maximum Gasteiger partial charge on any atom is 0.243 e. The number of rotatable bonds is 6. The zero-order valence-corrected chi connectivity index (χ0v) is 16.0. The summed E-state index contributed by atoms with van der Waals surface area (Å²) in [7, 11) is -3.68. The van der Waals surface area contributed by atoms with Gasteiger partial charge in [-0.15, -0.1) is 0 Å². The number of nitrogens with two attached hydrogens (primary N) is 1. The van der Waals surface area contributed by atoms with E-state index in [-0.39, 0.29) is 10.8 Å². The summed E-state index contributed by atoms with van der Waals surface area (Å²) in [6, 6.07) is 15.1. The third kappa shape index (κ3) is 4.67. The Labute approximate surface area is 160 Å². The number of nitrogen functional groups attached to an aromatic ring is 1. The van der Waals surface area contributed by atoms with E-state index in [1.165, 1.54) is 4.31 Å². The lowest BCUT2D eigenvalue weighted by Crippen LogP contribution is -2.52. The molecule has 1 aliphatic rings. The Balaban J connectivity index is 1.66. The molecule has 0 saturated carbocycles. The van der Waals surface area contributed by atoms with E-state index in [0.29, 0.717) is 31.6 Å². The maximum atomic E-state index is 13.0. The van der Waals surface area contributed by atoms with Gasteiger partial charge in [0.2, 0.25) is 15.9 Å². The van der Waals surface area contributed by atoms with E-state index in [0.717, 1.165) is 18.4 Å².